The molecule has 5 nitrogen and oxygen atoms in total. The molecule has 0 radical (unpaired) electrons. The maximum absolute atomic E-state index is 12.0. The lowest BCUT2D eigenvalue weighted by atomic mass is 9.64. The molecule has 2 fully saturated rings. The molecule has 0 atom stereocenters. The summed E-state index contributed by atoms with van der Waals surface area (Å²) in [6.07, 6.45) is 5.23. The summed E-state index contributed by atoms with van der Waals surface area (Å²) in [6.45, 7) is 5.86. The lowest BCUT2D eigenvalue weighted by Crippen LogP contribution is -2.71. The number of rotatable bonds is 1. The molecule has 2 aliphatic rings. The molecule has 2 rings (SSSR count). The Hall–Kier alpha value is -1.28. The van der Waals surface area contributed by atoms with E-state index < -0.39 is 22.7 Å². The number of nitrogens with zero attached hydrogens (tertiary/aromatic N) is 2. The second-order valence-electron chi connectivity index (χ2n) is 7.48. The fraction of sp³-hybridized carbons (Fsp3) is 0.875. The second-order valence-corrected chi connectivity index (χ2v) is 7.48. The maximum Gasteiger partial charge on any atom is 0.410 e. The van der Waals surface area contributed by atoms with Crippen LogP contribution in [0.4, 0.5) is 4.79 Å². The molecule has 118 valence electrons. The van der Waals surface area contributed by atoms with E-state index in [1.54, 1.807) is 0 Å². The number of carbonyl (C=O) groups excluding carboxylic acids is 1. The van der Waals surface area contributed by atoms with E-state index in [1.165, 1.54) is 4.90 Å². The Bertz CT molecular complexity index is 433. The summed E-state index contributed by atoms with van der Waals surface area (Å²) >= 11 is 0. The Morgan fingerprint density at radius 2 is 1.71 bits per heavy atom. The number of aliphatic hydroxyl groups is 1. The summed E-state index contributed by atoms with van der Waals surface area (Å²) in [5.41, 5.74) is -2.33. The van der Waals surface area contributed by atoms with E-state index in [9.17, 15) is 15.2 Å². The third-order valence-electron chi connectivity index (χ3n) is 4.62. The van der Waals surface area contributed by atoms with Gasteiger partial charge in [-0.1, -0.05) is 25.7 Å². The average molecular weight is 294 g/mol. The summed E-state index contributed by atoms with van der Waals surface area (Å²) in [6, 6.07) is 2.38. The Labute approximate surface area is 126 Å². The Kier molecular flexibility index (Phi) is 4.21. The molecule has 1 saturated carbocycles. The number of nitriles is 1. The number of β-amino-alcohol motifs (C(OH)–C–C–N with tert-alkyl or cyclic N) is 1. The van der Waals surface area contributed by atoms with Crippen molar-refractivity contribution in [2.24, 2.45) is 5.41 Å². The van der Waals surface area contributed by atoms with Crippen LogP contribution < -0.4 is 0 Å². The van der Waals surface area contributed by atoms with Crippen LogP contribution in [0, 0.1) is 16.7 Å². The van der Waals surface area contributed by atoms with Gasteiger partial charge in [0.2, 0.25) is 0 Å². The molecule has 1 aliphatic heterocycles. The number of likely N-dealkylation sites (tertiary alicyclic amines) is 1. The average Bonchev–Trinajstić information content (AvgIpc) is 2.59. The Balaban J connectivity index is 2.02. The van der Waals surface area contributed by atoms with Crippen LogP contribution in [0.25, 0.3) is 0 Å². The van der Waals surface area contributed by atoms with E-state index in [4.69, 9.17) is 4.74 Å². The minimum absolute atomic E-state index is 0.204. The molecule has 1 aliphatic carbocycles. The highest BCUT2D eigenvalue weighted by molar-refractivity contribution is 5.70. The number of carbonyl (C=O) groups is 1. The van der Waals surface area contributed by atoms with Gasteiger partial charge in [0.15, 0.2) is 0 Å². The summed E-state index contributed by atoms with van der Waals surface area (Å²) in [5, 5.41) is 20.5. The molecule has 0 bridgehead atoms. The molecule has 0 spiro atoms. The van der Waals surface area contributed by atoms with E-state index >= 15 is 0 Å². The highest BCUT2D eigenvalue weighted by Gasteiger charge is 2.59. The van der Waals surface area contributed by atoms with Gasteiger partial charge in [0.1, 0.15) is 11.2 Å². The first-order valence-electron chi connectivity index (χ1n) is 7.83. The molecule has 21 heavy (non-hydrogen) atoms. The van der Waals surface area contributed by atoms with Crippen LogP contribution >= 0.6 is 0 Å². The van der Waals surface area contributed by atoms with Gasteiger partial charge in [-0.3, -0.25) is 0 Å². The fourth-order valence-electron chi connectivity index (χ4n) is 3.36. The molecule has 0 unspecified atom stereocenters. The van der Waals surface area contributed by atoms with Crippen molar-refractivity contribution in [3.8, 4) is 6.07 Å². The van der Waals surface area contributed by atoms with Gasteiger partial charge in [0.05, 0.1) is 24.6 Å². The van der Waals surface area contributed by atoms with Crippen molar-refractivity contribution in [2.45, 2.75) is 70.5 Å². The zero-order valence-corrected chi connectivity index (χ0v) is 13.3. The van der Waals surface area contributed by atoms with Crippen LogP contribution in [0.2, 0.25) is 0 Å². The molecule has 0 aromatic rings. The predicted molar refractivity (Wildman–Crippen MR) is 78.5 cm³/mol. The van der Waals surface area contributed by atoms with Crippen molar-refractivity contribution in [1.82, 2.24) is 4.90 Å². The molecule has 0 aromatic heterocycles. The molecular weight excluding hydrogens is 268 g/mol. The fourth-order valence-corrected chi connectivity index (χ4v) is 3.36. The highest BCUT2D eigenvalue weighted by atomic mass is 16.6. The topological polar surface area (TPSA) is 73.6 Å². The van der Waals surface area contributed by atoms with Gasteiger partial charge < -0.3 is 14.7 Å². The standard InChI is InChI=1S/C16H26N2O3/c1-14(2,3)21-13(19)18-11-16(20,12-18)15(10-17)8-6-4-5-7-9-15/h20H,4-9,11-12H2,1-3H3. The SMILES string of the molecule is CC(C)(C)OC(=O)N1CC(O)(C2(C#N)CCCCCC2)C1. The molecule has 1 heterocycles. The quantitative estimate of drug-likeness (QED) is 0.755. The first-order chi connectivity index (χ1) is 9.71. The lowest BCUT2D eigenvalue weighted by molar-refractivity contribution is -0.159. The van der Waals surface area contributed by atoms with Gasteiger partial charge in [0.25, 0.3) is 0 Å². The zero-order valence-electron chi connectivity index (χ0n) is 13.3. The van der Waals surface area contributed by atoms with Crippen molar-refractivity contribution in [1.29, 1.82) is 5.26 Å². The van der Waals surface area contributed by atoms with Crippen LogP contribution in [0.15, 0.2) is 0 Å². The first kappa shape index (κ1) is 16.1. The molecule has 0 aromatic carbocycles. The number of amides is 1. The number of ether oxygens (including phenoxy) is 1. The summed E-state index contributed by atoms with van der Waals surface area (Å²) in [4.78, 5) is 13.5. The zero-order chi connectivity index (χ0) is 15.7. The van der Waals surface area contributed by atoms with Crippen LogP contribution in [0.1, 0.15) is 59.3 Å². The van der Waals surface area contributed by atoms with Crippen molar-refractivity contribution < 1.29 is 14.6 Å². The van der Waals surface area contributed by atoms with Crippen molar-refractivity contribution in [3.05, 3.63) is 0 Å². The molecule has 1 N–H and O–H groups in total. The molecule has 5 heteroatoms. The van der Waals surface area contributed by atoms with Gasteiger partial charge in [-0.25, -0.2) is 4.79 Å². The first-order valence-corrected chi connectivity index (χ1v) is 7.83. The Morgan fingerprint density at radius 3 is 2.14 bits per heavy atom. The van der Waals surface area contributed by atoms with E-state index in [0.29, 0.717) is 0 Å². The molecule has 1 saturated heterocycles. The molecular formula is C16H26N2O3. The van der Waals surface area contributed by atoms with Gasteiger partial charge in [-0.15, -0.1) is 0 Å². The predicted octanol–water partition coefficient (Wildman–Crippen LogP) is 2.83. The monoisotopic (exact) mass is 294 g/mol. The lowest BCUT2D eigenvalue weighted by Gasteiger charge is -2.53. The van der Waals surface area contributed by atoms with Crippen LogP contribution in [0.5, 0.6) is 0 Å². The minimum atomic E-state index is -1.08. The van der Waals surface area contributed by atoms with E-state index in [0.717, 1.165) is 38.5 Å². The van der Waals surface area contributed by atoms with E-state index in [2.05, 4.69) is 6.07 Å². The summed E-state index contributed by atoms with van der Waals surface area (Å²) < 4.78 is 5.31. The number of hydrogen-bond donors (Lipinski definition) is 1. The second kappa shape index (κ2) is 5.49. The van der Waals surface area contributed by atoms with Crippen molar-refractivity contribution >= 4 is 6.09 Å². The van der Waals surface area contributed by atoms with Gasteiger partial charge in [-0.05, 0) is 33.6 Å². The summed E-state index contributed by atoms with van der Waals surface area (Å²) in [5.74, 6) is 0. The normalized spacial score (nSPS) is 24.4. The highest BCUT2D eigenvalue weighted by Crippen LogP contribution is 2.47. The van der Waals surface area contributed by atoms with Crippen LogP contribution in [-0.2, 0) is 4.74 Å². The van der Waals surface area contributed by atoms with Gasteiger partial charge >= 0.3 is 6.09 Å². The maximum atomic E-state index is 12.0. The summed E-state index contributed by atoms with van der Waals surface area (Å²) in [7, 11) is 0. The third kappa shape index (κ3) is 3.16. The van der Waals surface area contributed by atoms with Crippen LogP contribution in [-0.4, -0.2) is 40.4 Å². The molecule has 1 amide bonds. The smallest absolute Gasteiger partial charge is 0.410 e. The van der Waals surface area contributed by atoms with E-state index in [-0.39, 0.29) is 13.1 Å². The van der Waals surface area contributed by atoms with Gasteiger partial charge in [0, 0.05) is 0 Å². The van der Waals surface area contributed by atoms with Gasteiger partial charge in [-0.2, -0.15) is 5.26 Å². The largest absolute Gasteiger partial charge is 0.444 e. The Morgan fingerprint density at radius 1 is 1.19 bits per heavy atom. The third-order valence-corrected chi connectivity index (χ3v) is 4.62. The van der Waals surface area contributed by atoms with Crippen molar-refractivity contribution in [3.63, 3.8) is 0 Å². The van der Waals surface area contributed by atoms with Crippen molar-refractivity contribution in [2.75, 3.05) is 13.1 Å². The number of hydrogen-bond acceptors (Lipinski definition) is 4. The van der Waals surface area contributed by atoms with E-state index in [1.807, 2.05) is 20.8 Å². The minimum Gasteiger partial charge on any atom is -0.444 e. The van der Waals surface area contributed by atoms with Crippen LogP contribution in [0.3, 0.4) is 0 Å².